The van der Waals surface area contributed by atoms with Gasteiger partial charge in [0, 0.05) is 10.0 Å². The number of amides is 2. The Kier molecular flexibility index (Phi) is 6.10. The number of nitrogens with one attached hydrogen (secondary N) is 2. The number of aromatic nitrogens is 2. The highest BCUT2D eigenvalue weighted by Gasteiger charge is 2.16. The van der Waals surface area contributed by atoms with Crippen LogP contribution in [-0.2, 0) is 0 Å². The van der Waals surface area contributed by atoms with Gasteiger partial charge in [-0.1, -0.05) is 15.9 Å². The summed E-state index contributed by atoms with van der Waals surface area (Å²) in [5.74, 6) is -0.187. The number of nitrogens with zero attached hydrogens (tertiary/aromatic N) is 2. The van der Waals surface area contributed by atoms with Crippen molar-refractivity contribution in [1.29, 1.82) is 0 Å². The molecule has 0 aliphatic heterocycles. The molecule has 7 nitrogen and oxygen atoms in total. The Morgan fingerprint density at radius 3 is 2.32 bits per heavy atom. The SMILES string of the molecule is CCOc1ccc(C(=O)NNC(=O)c2cnn(-c3ccc(Br)cc3)c2C)cc1. The van der Waals surface area contributed by atoms with Crippen molar-refractivity contribution in [3.05, 3.63) is 76.0 Å². The van der Waals surface area contributed by atoms with Gasteiger partial charge in [0.2, 0.25) is 0 Å². The van der Waals surface area contributed by atoms with E-state index in [-0.39, 0.29) is 0 Å². The molecule has 0 bridgehead atoms. The van der Waals surface area contributed by atoms with Crippen molar-refractivity contribution >= 4 is 27.7 Å². The van der Waals surface area contributed by atoms with Crippen LogP contribution in [0.5, 0.6) is 5.75 Å². The molecule has 0 spiro atoms. The van der Waals surface area contributed by atoms with Crippen LogP contribution in [-0.4, -0.2) is 28.2 Å². The highest BCUT2D eigenvalue weighted by atomic mass is 79.9. The molecule has 0 aliphatic carbocycles. The maximum absolute atomic E-state index is 12.4. The molecular formula is C20H19BrN4O3. The molecule has 1 aromatic heterocycles. The van der Waals surface area contributed by atoms with E-state index in [1.54, 1.807) is 35.9 Å². The van der Waals surface area contributed by atoms with E-state index in [1.807, 2.05) is 31.2 Å². The predicted molar refractivity (Wildman–Crippen MR) is 109 cm³/mol. The largest absolute Gasteiger partial charge is 0.494 e. The zero-order valence-corrected chi connectivity index (χ0v) is 17.0. The van der Waals surface area contributed by atoms with Gasteiger partial charge in [0.05, 0.1) is 29.7 Å². The van der Waals surface area contributed by atoms with Crippen LogP contribution < -0.4 is 15.6 Å². The second-order valence-electron chi connectivity index (χ2n) is 5.90. The lowest BCUT2D eigenvalue weighted by molar-refractivity contribution is 0.0846. The van der Waals surface area contributed by atoms with Gasteiger partial charge in [0.1, 0.15) is 5.75 Å². The van der Waals surface area contributed by atoms with Gasteiger partial charge in [0.15, 0.2) is 0 Å². The summed E-state index contributed by atoms with van der Waals surface area (Å²) in [6, 6.07) is 14.2. The van der Waals surface area contributed by atoms with Gasteiger partial charge in [-0.15, -0.1) is 0 Å². The molecule has 0 unspecified atom stereocenters. The van der Waals surface area contributed by atoms with E-state index in [2.05, 4.69) is 31.9 Å². The Morgan fingerprint density at radius 2 is 1.68 bits per heavy atom. The van der Waals surface area contributed by atoms with Crippen LogP contribution >= 0.6 is 15.9 Å². The summed E-state index contributed by atoms with van der Waals surface area (Å²) in [7, 11) is 0. The standard InChI is InChI=1S/C20H19BrN4O3/c1-3-28-17-10-4-14(5-11-17)19(26)23-24-20(27)18-12-22-25(13(18)2)16-8-6-15(21)7-9-16/h4-12H,3H2,1-2H3,(H,23,26)(H,24,27). The number of carbonyl (C=O) groups is 2. The molecule has 0 fully saturated rings. The molecule has 144 valence electrons. The topological polar surface area (TPSA) is 85.2 Å². The lowest BCUT2D eigenvalue weighted by atomic mass is 10.2. The molecule has 3 aromatic rings. The number of hydrogen-bond acceptors (Lipinski definition) is 4. The van der Waals surface area contributed by atoms with Crippen molar-refractivity contribution < 1.29 is 14.3 Å². The maximum Gasteiger partial charge on any atom is 0.273 e. The maximum atomic E-state index is 12.4. The first-order chi connectivity index (χ1) is 13.5. The Hall–Kier alpha value is -3.13. The molecule has 0 atom stereocenters. The summed E-state index contributed by atoms with van der Waals surface area (Å²) < 4.78 is 7.96. The monoisotopic (exact) mass is 442 g/mol. The average molecular weight is 443 g/mol. The van der Waals surface area contributed by atoms with E-state index in [0.29, 0.717) is 29.2 Å². The Balaban J connectivity index is 1.65. The zero-order valence-electron chi connectivity index (χ0n) is 15.4. The number of hydrogen-bond donors (Lipinski definition) is 2. The zero-order chi connectivity index (χ0) is 20.1. The van der Waals surface area contributed by atoms with Crippen molar-refractivity contribution in [3.63, 3.8) is 0 Å². The average Bonchev–Trinajstić information content (AvgIpc) is 3.09. The number of halogens is 1. The summed E-state index contributed by atoms with van der Waals surface area (Å²) in [6.07, 6.45) is 1.47. The molecule has 2 N–H and O–H groups in total. The Bertz CT molecular complexity index is 982. The highest BCUT2D eigenvalue weighted by Crippen LogP contribution is 2.17. The first-order valence-electron chi connectivity index (χ1n) is 8.63. The first-order valence-corrected chi connectivity index (χ1v) is 9.43. The second kappa shape index (κ2) is 8.71. The first kappa shape index (κ1) is 19.6. The van der Waals surface area contributed by atoms with Crippen molar-refractivity contribution in [2.45, 2.75) is 13.8 Å². The van der Waals surface area contributed by atoms with Gasteiger partial charge in [-0.2, -0.15) is 5.10 Å². The molecule has 1 heterocycles. The fourth-order valence-corrected chi connectivity index (χ4v) is 2.86. The van der Waals surface area contributed by atoms with Crippen molar-refractivity contribution in [2.24, 2.45) is 0 Å². The molecule has 28 heavy (non-hydrogen) atoms. The van der Waals surface area contributed by atoms with Gasteiger partial charge < -0.3 is 4.74 Å². The van der Waals surface area contributed by atoms with E-state index < -0.39 is 11.8 Å². The second-order valence-corrected chi connectivity index (χ2v) is 6.81. The molecule has 0 radical (unpaired) electrons. The third-order valence-electron chi connectivity index (χ3n) is 4.04. The third kappa shape index (κ3) is 4.40. The van der Waals surface area contributed by atoms with Crippen molar-refractivity contribution in [1.82, 2.24) is 20.6 Å². The van der Waals surface area contributed by atoms with Gasteiger partial charge in [-0.05, 0) is 62.4 Å². The summed E-state index contributed by atoms with van der Waals surface area (Å²) in [5.41, 5.74) is 7.10. The van der Waals surface area contributed by atoms with Crippen molar-refractivity contribution in [3.8, 4) is 11.4 Å². The van der Waals surface area contributed by atoms with Crippen LogP contribution in [0.25, 0.3) is 5.69 Å². The molecule has 2 amide bonds. The Morgan fingerprint density at radius 1 is 1.04 bits per heavy atom. The Labute approximate surface area is 170 Å². The number of rotatable bonds is 5. The van der Waals surface area contributed by atoms with Crippen LogP contribution in [0.15, 0.2) is 59.2 Å². The molecule has 0 aliphatic rings. The molecule has 2 aromatic carbocycles. The van der Waals surface area contributed by atoms with E-state index in [9.17, 15) is 9.59 Å². The summed E-state index contributed by atoms with van der Waals surface area (Å²) >= 11 is 3.39. The third-order valence-corrected chi connectivity index (χ3v) is 4.57. The quantitative estimate of drug-likeness (QED) is 0.592. The van der Waals surface area contributed by atoms with Crippen LogP contribution in [0.2, 0.25) is 0 Å². The minimum atomic E-state index is -0.444. The summed E-state index contributed by atoms with van der Waals surface area (Å²) in [4.78, 5) is 24.6. The number of carbonyl (C=O) groups excluding carboxylic acids is 2. The van der Waals surface area contributed by atoms with E-state index in [1.165, 1.54) is 6.20 Å². The molecule has 0 saturated carbocycles. The van der Waals surface area contributed by atoms with Gasteiger partial charge in [-0.25, -0.2) is 4.68 Å². The molecule has 8 heteroatoms. The van der Waals surface area contributed by atoms with E-state index >= 15 is 0 Å². The van der Waals surface area contributed by atoms with Gasteiger partial charge in [-0.3, -0.25) is 20.4 Å². The fourth-order valence-electron chi connectivity index (χ4n) is 2.60. The van der Waals surface area contributed by atoms with Crippen molar-refractivity contribution in [2.75, 3.05) is 6.61 Å². The highest BCUT2D eigenvalue weighted by molar-refractivity contribution is 9.10. The van der Waals surface area contributed by atoms with Crippen LogP contribution in [0.3, 0.4) is 0 Å². The summed E-state index contributed by atoms with van der Waals surface area (Å²) in [6.45, 7) is 4.23. The number of ether oxygens (including phenoxy) is 1. The van der Waals surface area contributed by atoms with E-state index in [0.717, 1.165) is 10.2 Å². The smallest absolute Gasteiger partial charge is 0.273 e. The lowest BCUT2D eigenvalue weighted by Crippen LogP contribution is -2.41. The number of hydrazine groups is 1. The normalized spacial score (nSPS) is 10.4. The van der Waals surface area contributed by atoms with Gasteiger partial charge >= 0.3 is 0 Å². The summed E-state index contributed by atoms with van der Waals surface area (Å²) in [5, 5.41) is 4.26. The fraction of sp³-hybridized carbons (Fsp3) is 0.150. The minimum Gasteiger partial charge on any atom is -0.494 e. The molecule has 3 rings (SSSR count). The lowest BCUT2D eigenvalue weighted by Gasteiger charge is -2.09. The molecule has 0 saturated heterocycles. The van der Waals surface area contributed by atoms with Crippen LogP contribution in [0.4, 0.5) is 0 Å². The molecular weight excluding hydrogens is 424 g/mol. The van der Waals surface area contributed by atoms with Gasteiger partial charge in [0.25, 0.3) is 11.8 Å². The predicted octanol–water partition coefficient (Wildman–Crippen LogP) is 3.42. The van der Waals surface area contributed by atoms with Crippen LogP contribution in [0.1, 0.15) is 33.3 Å². The number of benzene rings is 2. The van der Waals surface area contributed by atoms with E-state index in [4.69, 9.17) is 4.74 Å². The minimum absolute atomic E-state index is 0.370. The van der Waals surface area contributed by atoms with Crippen LogP contribution in [0, 0.1) is 6.92 Å².